The molecule has 2 amide bonds. The summed E-state index contributed by atoms with van der Waals surface area (Å²) in [5, 5.41) is 22.2. The Bertz CT molecular complexity index is 457. The lowest BCUT2D eigenvalue weighted by atomic mass is 10.0. The van der Waals surface area contributed by atoms with Crippen LogP contribution in [-0.2, 0) is 19.2 Å². The molecular weight excluding hydrogens is 326 g/mol. The predicted molar refractivity (Wildman–Crippen MR) is 85.0 cm³/mol. The molecule has 0 rings (SSSR count). The topological polar surface area (TPSA) is 159 Å². The Kier molecular flexibility index (Phi) is 9.27. The third-order valence-corrected chi connectivity index (χ3v) is 3.46. The highest BCUT2D eigenvalue weighted by atomic mass is 32.1. The number of carbonyl (C=O) groups excluding carboxylic acids is 2. The van der Waals surface area contributed by atoms with E-state index in [1.54, 1.807) is 13.8 Å². The van der Waals surface area contributed by atoms with E-state index in [0.717, 1.165) is 0 Å². The third-order valence-electron chi connectivity index (χ3n) is 3.10. The van der Waals surface area contributed by atoms with Crippen LogP contribution in [0.15, 0.2) is 0 Å². The largest absolute Gasteiger partial charge is 0.481 e. The van der Waals surface area contributed by atoms with Gasteiger partial charge in [-0.15, -0.1) is 0 Å². The van der Waals surface area contributed by atoms with Gasteiger partial charge in [0, 0.05) is 12.2 Å². The van der Waals surface area contributed by atoms with Crippen molar-refractivity contribution in [3.63, 3.8) is 0 Å². The van der Waals surface area contributed by atoms with Crippen LogP contribution in [0, 0.1) is 5.92 Å². The molecule has 0 aliphatic heterocycles. The quantitative estimate of drug-likeness (QED) is 0.271. The van der Waals surface area contributed by atoms with Gasteiger partial charge < -0.3 is 26.6 Å². The summed E-state index contributed by atoms with van der Waals surface area (Å²) in [6.45, 7) is 3.48. The van der Waals surface area contributed by atoms with Crippen molar-refractivity contribution in [1.82, 2.24) is 10.6 Å². The van der Waals surface area contributed by atoms with Crippen LogP contribution in [0.5, 0.6) is 0 Å². The molecule has 0 aliphatic carbocycles. The van der Waals surface area contributed by atoms with Crippen molar-refractivity contribution in [2.45, 2.75) is 44.8 Å². The molecule has 0 aliphatic rings. The summed E-state index contributed by atoms with van der Waals surface area (Å²) < 4.78 is 0. The molecule has 0 saturated carbocycles. The van der Waals surface area contributed by atoms with E-state index in [0.29, 0.717) is 0 Å². The molecule has 0 fully saturated rings. The van der Waals surface area contributed by atoms with E-state index < -0.39 is 48.3 Å². The molecule has 0 aromatic carbocycles. The second kappa shape index (κ2) is 10.1. The molecule has 9 nitrogen and oxygen atoms in total. The molecule has 0 radical (unpaired) electrons. The Balaban J connectivity index is 4.76. The molecular formula is C13H23N3O6S. The summed E-state index contributed by atoms with van der Waals surface area (Å²) in [4.78, 5) is 45.4. The van der Waals surface area contributed by atoms with Gasteiger partial charge in [0.05, 0.1) is 6.04 Å². The molecule has 0 heterocycles. The molecule has 132 valence electrons. The van der Waals surface area contributed by atoms with Crippen LogP contribution >= 0.6 is 12.6 Å². The Morgan fingerprint density at radius 1 is 1.04 bits per heavy atom. The molecule has 0 aromatic heterocycles. The highest BCUT2D eigenvalue weighted by Crippen LogP contribution is 2.02. The maximum atomic E-state index is 12.0. The average molecular weight is 349 g/mol. The number of hydrogen-bond acceptors (Lipinski definition) is 6. The van der Waals surface area contributed by atoms with Gasteiger partial charge >= 0.3 is 11.9 Å². The van der Waals surface area contributed by atoms with Gasteiger partial charge in [0.2, 0.25) is 11.8 Å². The highest BCUT2D eigenvalue weighted by Gasteiger charge is 2.28. The number of thiol groups is 1. The van der Waals surface area contributed by atoms with E-state index in [-0.39, 0.29) is 18.1 Å². The minimum Gasteiger partial charge on any atom is -0.481 e. The lowest BCUT2D eigenvalue weighted by molar-refractivity contribution is -0.143. The minimum atomic E-state index is -1.36. The van der Waals surface area contributed by atoms with Crippen molar-refractivity contribution >= 4 is 36.4 Å². The maximum Gasteiger partial charge on any atom is 0.326 e. The Labute approximate surface area is 139 Å². The van der Waals surface area contributed by atoms with Gasteiger partial charge in [-0.1, -0.05) is 13.8 Å². The van der Waals surface area contributed by atoms with Crippen molar-refractivity contribution in [1.29, 1.82) is 0 Å². The van der Waals surface area contributed by atoms with E-state index in [9.17, 15) is 19.2 Å². The van der Waals surface area contributed by atoms with Gasteiger partial charge in [0.25, 0.3) is 0 Å². The van der Waals surface area contributed by atoms with Crippen LogP contribution < -0.4 is 16.4 Å². The first kappa shape index (κ1) is 21.2. The zero-order chi connectivity index (χ0) is 18.2. The van der Waals surface area contributed by atoms with Gasteiger partial charge in [-0.2, -0.15) is 12.6 Å². The standard InChI is InChI=1S/C13H23N3O6S/c1-6(2)10(14)12(20)16-8(5-23)11(19)15-7(13(21)22)3-4-9(17)18/h6-8,10,23H,3-5,14H2,1-2H3,(H,15,19)(H,16,20)(H,17,18)(H,21,22)/t7-,8-,10-/m0/s1. The smallest absolute Gasteiger partial charge is 0.326 e. The van der Waals surface area contributed by atoms with Crippen LogP contribution in [0.25, 0.3) is 0 Å². The molecule has 23 heavy (non-hydrogen) atoms. The second-order valence-corrected chi connectivity index (χ2v) is 5.71. The van der Waals surface area contributed by atoms with Crippen LogP contribution in [0.4, 0.5) is 0 Å². The monoisotopic (exact) mass is 349 g/mol. The fourth-order valence-corrected chi connectivity index (χ4v) is 1.82. The van der Waals surface area contributed by atoms with Gasteiger partial charge in [-0.3, -0.25) is 14.4 Å². The van der Waals surface area contributed by atoms with E-state index >= 15 is 0 Å². The van der Waals surface area contributed by atoms with Gasteiger partial charge in [-0.25, -0.2) is 4.79 Å². The zero-order valence-electron chi connectivity index (χ0n) is 13.0. The summed E-state index contributed by atoms with van der Waals surface area (Å²) >= 11 is 3.95. The fourth-order valence-electron chi connectivity index (χ4n) is 1.56. The molecule has 0 saturated heterocycles. The summed E-state index contributed by atoms with van der Waals surface area (Å²) in [5.41, 5.74) is 5.67. The van der Waals surface area contributed by atoms with E-state index in [4.69, 9.17) is 15.9 Å². The maximum absolute atomic E-state index is 12.0. The number of hydrogen-bond donors (Lipinski definition) is 6. The Morgan fingerprint density at radius 2 is 1.57 bits per heavy atom. The zero-order valence-corrected chi connectivity index (χ0v) is 13.9. The number of rotatable bonds is 10. The fraction of sp³-hybridized carbons (Fsp3) is 0.692. The van der Waals surface area contributed by atoms with Crippen LogP contribution in [0.2, 0.25) is 0 Å². The Morgan fingerprint density at radius 3 is 1.96 bits per heavy atom. The highest BCUT2D eigenvalue weighted by molar-refractivity contribution is 7.80. The Hall–Kier alpha value is -1.81. The van der Waals surface area contributed by atoms with Crippen molar-refractivity contribution in [2.75, 3.05) is 5.75 Å². The lowest BCUT2D eigenvalue weighted by Crippen LogP contribution is -2.56. The van der Waals surface area contributed by atoms with Crippen molar-refractivity contribution in [3.8, 4) is 0 Å². The van der Waals surface area contributed by atoms with E-state index in [2.05, 4.69) is 23.3 Å². The number of nitrogens with one attached hydrogen (secondary N) is 2. The van der Waals surface area contributed by atoms with E-state index in [1.807, 2.05) is 0 Å². The number of carboxylic acids is 2. The average Bonchev–Trinajstić information content (AvgIpc) is 2.46. The molecule has 0 unspecified atom stereocenters. The third kappa shape index (κ3) is 7.84. The van der Waals surface area contributed by atoms with Gasteiger partial charge in [-0.05, 0) is 12.3 Å². The van der Waals surface area contributed by atoms with Gasteiger partial charge in [0.1, 0.15) is 12.1 Å². The SMILES string of the molecule is CC(C)[C@H](N)C(=O)N[C@@H](CS)C(=O)N[C@@H](CCC(=O)O)C(=O)O. The first-order chi connectivity index (χ1) is 10.6. The summed E-state index contributed by atoms with van der Waals surface area (Å²) in [6.07, 6.45) is -0.678. The number of nitrogens with two attached hydrogens (primary N) is 1. The van der Waals surface area contributed by atoms with Crippen LogP contribution in [-0.4, -0.2) is 57.8 Å². The molecule has 3 atom stereocenters. The number of carbonyl (C=O) groups is 4. The molecule has 6 N–H and O–H groups in total. The minimum absolute atomic E-state index is 0.0618. The second-order valence-electron chi connectivity index (χ2n) is 5.35. The molecule has 0 aromatic rings. The van der Waals surface area contributed by atoms with Crippen molar-refractivity contribution in [3.05, 3.63) is 0 Å². The lowest BCUT2D eigenvalue weighted by Gasteiger charge is -2.22. The first-order valence-electron chi connectivity index (χ1n) is 7.01. The summed E-state index contributed by atoms with van der Waals surface area (Å²) in [7, 11) is 0. The molecule has 10 heteroatoms. The number of carboxylic acid groups (broad SMARTS) is 2. The normalized spacial score (nSPS) is 14.7. The molecule has 0 bridgehead atoms. The number of aliphatic carboxylic acids is 2. The first-order valence-corrected chi connectivity index (χ1v) is 7.65. The van der Waals surface area contributed by atoms with Crippen molar-refractivity contribution < 1.29 is 29.4 Å². The summed E-state index contributed by atoms with van der Waals surface area (Å²) in [6, 6.07) is -3.24. The summed E-state index contributed by atoms with van der Waals surface area (Å²) in [5.74, 6) is -4.04. The number of amides is 2. The molecule has 0 spiro atoms. The van der Waals surface area contributed by atoms with Gasteiger partial charge in [0.15, 0.2) is 0 Å². The van der Waals surface area contributed by atoms with E-state index in [1.165, 1.54) is 0 Å². The van der Waals surface area contributed by atoms with Crippen LogP contribution in [0.1, 0.15) is 26.7 Å². The predicted octanol–water partition coefficient (Wildman–Crippen LogP) is -1.18. The van der Waals surface area contributed by atoms with Crippen molar-refractivity contribution in [2.24, 2.45) is 11.7 Å². The van der Waals surface area contributed by atoms with Crippen LogP contribution in [0.3, 0.4) is 0 Å².